The number of carbonyl (C=O) groups is 2. The summed E-state index contributed by atoms with van der Waals surface area (Å²) in [6.07, 6.45) is 3.20. The molecule has 5 nitrogen and oxygen atoms in total. The predicted molar refractivity (Wildman–Crippen MR) is 104 cm³/mol. The van der Waals surface area contributed by atoms with Crippen LogP contribution < -0.4 is 15.4 Å². The van der Waals surface area contributed by atoms with E-state index in [2.05, 4.69) is 17.6 Å². The molecule has 138 valence electrons. The topological polar surface area (TPSA) is 67.4 Å². The number of benzene rings is 2. The van der Waals surface area contributed by atoms with Crippen molar-refractivity contribution in [3.8, 4) is 5.75 Å². The molecule has 0 aliphatic rings. The van der Waals surface area contributed by atoms with Crippen LogP contribution in [-0.2, 0) is 0 Å². The molecule has 0 unspecified atom stereocenters. The molecule has 5 heteroatoms. The summed E-state index contributed by atoms with van der Waals surface area (Å²) in [4.78, 5) is 24.3. The van der Waals surface area contributed by atoms with Crippen LogP contribution in [0.3, 0.4) is 0 Å². The van der Waals surface area contributed by atoms with Gasteiger partial charge in [-0.3, -0.25) is 9.59 Å². The molecule has 0 heterocycles. The highest BCUT2D eigenvalue weighted by Gasteiger charge is 2.09. The monoisotopic (exact) mass is 354 g/mol. The molecule has 2 aromatic carbocycles. The minimum Gasteiger partial charge on any atom is -0.494 e. The first-order valence-corrected chi connectivity index (χ1v) is 9.06. The van der Waals surface area contributed by atoms with Crippen LogP contribution in [0.4, 0.5) is 5.69 Å². The lowest BCUT2D eigenvalue weighted by molar-refractivity contribution is 0.0951. The van der Waals surface area contributed by atoms with Crippen LogP contribution >= 0.6 is 0 Å². The molecule has 2 aromatic rings. The van der Waals surface area contributed by atoms with Crippen molar-refractivity contribution in [2.24, 2.45) is 0 Å². The van der Waals surface area contributed by atoms with Crippen molar-refractivity contribution < 1.29 is 14.3 Å². The molecule has 0 radical (unpaired) electrons. The van der Waals surface area contributed by atoms with Gasteiger partial charge in [0, 0.05) is 23.4 Å². The SMILES string of the molecule is CCCCCNC(=O)c1ccc(C(=O)Nc2ccc(OCC)cc2)cc1. The zero-order chi connectivity index (χ0) is 18.8. The van der Waals surface area contributed by atoms with Gasteiger partial charge < -0.3 is 15.4 Å². The first kappa shape index (κ1) is 19.5. The third kappa shape index (κ3) is 5.92. The highest BCUT2D eigenvalue weighted by atomic mass is 16.5. The van der Waals surface area contributed by atoms with Crippen LogP contribution in [0.25, 0.3) is 0 Å². The van der Waals surface area contributed by atoms with E-state index in [1.165, 1.54) is 0 Å². The third-order valence-corrected chi connectivity index (χ3v) is 3.90. The Bertz CT molecular complexity index is 709. The zero-order valence-electron chi connectivity index (χ0n) is 15.4. The van der Waals surface area contributed by atoms with Gasteiger partial charge in [-0.05, 0) is 61.9 Å². The van der Waals surface area contributed by atoms with Gasteiger partial charge in [0.25, 0.3) is 11.8 Å². The van der Waals surface area contributed by atoms with Crippen LogP contribution in [0.15, 0.2) is 48.5 Å². The van der Waals surface area contributed by atoms with Crippen LogP contribution in [0.5, 0.6) is 5.75 Å². The fraction of sp³-hybridized carbons (Fsp3) is 0.333. The summed E-state index contributed by atoms with van der Waals surface area (Å²) in [5.41, 5.74) is 1.75. The Hall–Kier alpha value is -2.82. The number of rotatable bonds is 9. The second-order valence-electron chi connectivity index (χ2n) is 5.95. The van der Waals surface area contributed by atoms with Crippen molar-refractivity contribution in [3.05, 3.63) is 59.7 Å². The van der Waals surface area contributed by atoms with Crippen LogP contribution in [0.2, 0.25) is 0 Å². The number of ether oxygens (including phenoxy) is 1. The second-order valence-corrected chi connectivity index (χ2v) is 5.95. The summed E-state index contributed by atoms with van der Waals surface area (Å²) in [7, 11) is 0. The van der Waals surface area contributed by atoms with Crippen LogP contribution in [0, 0.1) is 0 Å². The molecule has 0 spiro atoms. The predicted octanol–water partition coefficient (Wildman–Crippen LogP) is 4.26. The number of hydrogen-bond acceptors (Lipinski definition) is 3. The Morgan fingerprint density at radius 1 is 0.846 bits per heavy atom. The molecular formula is C21H26N2O3. The summed E-state index contributed by atoms with van der Waals surface area (Å²) < 4.78 is 5.38. The van der Waals surface area contributed by atoms with Crippen LogP contribution in [-0.4, -0.2) is 25.0 Å². The van der Waals surface area contributed by atoms with Crippen molar-refractivity contribution in [1.82, 2.24) is 5.32 Å². The quantitative estimate of drug-likeness (QED) is 0.661. The summed E-state index contributed by atoms with van der Waals surface area (Å²) >= 11 is 0. The minimum absolute atomic E-state index is 0.112. The Kier molecular flexibility index (Phi) is 7.68. The van der Waals surface area contributed by atoms with E-state index in [1.54, 1.807) is 36.4 Å². The highest BCUT2D eigenvalue weighted by Crippen LogP contribution is 2.16. The van der Waals surface area contributed by atoms with E-state index < -0.39 is 0 Å². The molecule has 0 bridgehead atoms. The van der Waals surface area contributed by atoms with Gasteiger partial charge in [0.1, 0.15) is 5.75 Å². The molecule has 0 saturated heterocycles. The van der Waals surface area contributed by atoms with Gasteiger partial charge in [-0.25, -0.2) is 0 Å². The zero-order valence-corrected chi connectivity index (χ0v) is 15.4. The molecule has 26 heavy (non-hydrogen) atoms. The summed E-state index contributed by atoms with van der Waals surface area (Å²) in [6.45, 7) is 5.32. The molecule has 0 aliphatic heterocycles. The molecular weight excluding hydrogens is 328 g/mol. The summed E-state index contributed by atoms with van der Waals surface area (Å²) in [5.74, 6) is 0.434. The maximum absolute atomic E-state index is 12.3. The molecule has 0 saturated carbocycles. The smallest absolute Gasteiger partial charge is 0.255 e. The lowest BCUT2D eigenvalue weighted by Gasteiger charge is -2.08. The third-order valence-electron chi connectivity index (χ3n) is 3.90. The van der Waals surface area contributed by atoms with Gasteiger partial charge in [-0.1, -0.05) is 19.8 Å². The first-order chi connectivity index (χ1) is 12.6. The van der Waals surface area contributed by atoms with E-state index in [4.69, 9.17) is 4.74 Å². The number of carbonyl (C=O) groups excluding carboxylic acids is 2. The first-order valence-electron chi connectivity index (χ1n) is 9.06. The maximum atomic E-state index is 12.3. The van der Waals surface area contributed by atoms with Gasteiger partial charge in [0.05, 0.1) is 6.61 Å². The van der Waals surface area contributed by atoms with Crippen molar-refractivity contribution in [2.45, 2.75) is 33.1 Å². The Morgan fingerprint density at radius 3 is 2.04 bits per heavy atom. The van der Waals surface area contributed by atoms with Gasteiger partial charge in [-0.2, -0.15) is 0 Å². The highest BCUT2D eigenvalue weighted by molar-refractivity contribution is 6.05. The molecule has 2 N–H and O–H groups in total. The van der Waals surface area contributed by atoms with E-state index in [9.17, 15) is 9.59 Å². The van der Waals surface area contributed by atoms with Crippen molar-refractivity contribution in [3.63, 3.8) is 0 Å². The average Bonchev–Trinajstić information content (AvgIpc) is 2.67. The summed E-state index contributed by atoms with van der Waals surface area (Å²) in [5, 5.41) is 5.72. The fourth-order valence-electron chi connectivity index (χ4n) is 2.46. The van der Waals surface area contributed by atoms with E-state index in [1.807, 2.05) is 19.1 Å². The van der Waals surface area contributed by atoms with Gasteiger partial charge in [0.2, 0.25) is 0 Å². The fourth-order valence-corrected chi connectivity index (χ4v) is 2.46. The molecule has 0 aliphatic carbocycles. The Balaban J connectivity index is 1.90. The number of anilines is 1. The number of nitrogens with one attached hydrogen (secondary N) is 2. The van der Waals surface area contributed by atoms with E-state index in [0.29, 0.717) is 30.0 Å². The number of unbranched alkanes of at least 4 members (excludes halogenated alkanes) is 2. The van der Waals surface area contributed by atoms with Crippen molar-refractivity contribution >= 4 is 17.5 Å². The minimum atomic E-state index is -0.218. The average molecular weight is 354 g/mol. The molecule has 2 amide bonds. The summed E-state index contributed by atoms with van der Waals surface area (Å²) in [6, 6.07) is 13.9. The van der Waals surface area contributed by atoms with Crippen LogP contribution in [0.1, 0.15) is 53.8 Å². The number of hydrogen-bond donors (Lipinski definition) is 2. The van der Waals surface area contributed by atoms with Gasteiger partial charge >= 0.3 is 0 Å². The van der Waals surface area contributed by atoms with E-state index in [-0.39, 0.29) is 11.8 Å². The van der Waals surface area contributed by atoms with Gasteiger partial charge in [0.15, 0.2) is 0 Å². The van der Waals surface area contributed by atoms with Gasteiger partial charge in [-0.15, -0.1) is 0 Å². The molecule has 2 rings (SSSR count). The van der Waals surface area contributed by atoms with E-state index in [0.717, 1.165) is 25.0 Å². The van der Waals surface area contributed by atoms with E-state index >= 15 is 0 Å². The molecule has 0 fully saturated rings. The largest absolute Gasteiger partial charge is 0.494 e. The van der Waals surface area contributed by atoms with Crippen molar-refractivity contribution in [1.29, 1.82) is 0 Å². The second kappa shape index (κ2) is 10.2. The lowest BCUT2D eigenvalue weighted by Crippen LogP contribution is -2.24. The molecule has 0 aromatic heterocycles. The maximum Gasteiger partial charge on any atom is 0.255 e. The van der Waals surface area contributed by atoms with Crippen molar-refractivity contribution in [2.75, 3.05) is 18.5 Å². The Labute approximate surface area is 154 Å². The molecule has 0 atom stereocenters. The number of amides is 2. The standard InChI is InChI=1S/C21H26N2O3/c1-3-5-6-15-22-20(24)16-7-9-17(10-8-16)21(25)23-18-11-13-19(14-12-18)26-4-2/h7-14H,3-6,15H2,1-2H3,(H,22,24)(H,23,25). The lowest BCUT2D eigenvalue weighted by atomic mass is 10.1. The normalized spacial score (nSPS) is 10.2. The Morgan fingerprint density at radius 2 is 1.46 bits per heavy atom.